The molecule has 0 aliphatic rings. The second kappa shape index (κ2) is 8.85. The van der Waals surface area contributed by atoms with Gasteiger partial charge in [0.25, 0.3) is 11.8 Å². The van der Waals surface area contributed by atoms with Crippen molar-refractivity contribution < 1.29 is 9.59 Å². The molecule has 0 atom stereocenters. The molecule has 3 aromatic rings. The van der Waals surface area contributed by atoms with Gasteiger partial charge in [-0.05, 0) is 66.5 Å². The lowest BCUT2D eigenvalue weighted by Crippen LogP contribution is -2.31. The highest BCUT2D eigenvalue weighted by molar-refractivity contribution is 9.10. The van der Waals surface area contributed by atoms with Crippen LogP contribution in [0.4, 0.5) is 11.4 Å². The zero-order valence-electron chi connectivity index (χ0n) is 16.5. The van der Waals surface area contributed by atoms with Gasteiger partial charge in [0.1, 0.15) is 10.3 Å². The van der Waals surface area contributed by atoms with Gasteiger partial charge in [0.2, 0.25) is 0 Å². The number of hydrogen-bond acceptors (Lipinski definition) is 5. The minimum Gasteiger partial charge on any atom is -0.399 e. The Hall–Kier alpha value is -2.91. The van der Waals surface area contributed by atoms with Gasteiger partial charge in [-0.25, -0.2) is 9.67 Å². The number of hydrogen-bond donors (Lipinski definition) is 3. The number of nitrogen functional groups attached to an aromatic ring is 1. The third-order valence-electron chi connectivity index (χ3n) is 4.11. The maximum atomic E-state index is 13.1. The van der Waals surface area contributed by atoms with E-state index in [1.54, 1.807) is 37.4 Å². The summed E-state index contributed by atoms with van der Waals surface area (Å²) in [6, 6.07) is 8.02. The van der Waals surface area contributed by atoms with E-state index < -0.39 is 5.91 Å². The molecule has 0 saturated carbocycles. The number of aryl methyl sites for hydroxylation is 1. The zero-order chi connectivity index (χ0) is 22.0. The molecule has 8 nitrogen and oxygen atoms in total. The SMILES string of the molecule is Cc1cc(N)cc(C(=O)NC(C)C)c1NC(=O)c1cc(Br)nn1-c1ncccc1Cl. The second-order valence-electron chi connectivity index (χ2n) is 6.92. The first kappa shape index (κ1) is 21.8. The van der Waals surface area contributed by atoms with Crippen molar-refractivity contribution >= 4 is 50.7 Å². The van der Waals surface area contributed by atoms with E-state index in [2.05, 4.69) is 36.6 Å². The van der Waals surface area contributed by atoms with E-state index in [4.69, 9.17) is 17.3 Å². The lowest BCUT2D eigenvalue weighted by atomic mass is 10.0. The molecule has 0 aliphatic carbocycles. The van der Waals surface area contributed by atoms with Crippen LogP contribution in [0.15, 0.2) is 41.1 Å². The number of nitrogens with one attached hydrogen (secondary N) is 2. The van der Waals surface area contributed by atoms with Crippen molar-refractivity contribution in [3.05, 3.63) is 63.0 Å². The molecule has 0 spiro atoms. The highest BCUT2D eigenvalue weighted by atomic mass is 79.9. The van der Waals surface area contributed by atoms with Crippen LogP contribution in [0.2, 0.25) is 5.02 Å². The monoisotopic (exact) mass is 490 g/mol. The predicted octanol–water partition coefficient (Wildman–Crippen LogP) is 3.96. The number of carbonyl (C=O) groups excluding carboxylic acids is 2. The molecular formula is C20H20BrClN6O2. The molecule has 0 unspecified atom stereocenters. The lowest BCUT2D eigenvalue weighted by molar-refractivity contribution is 0.0944. The minimum absolute atomic E-state index is 0.0773. The molecule has 1 aromatic carbocycles. The van der Waals surface area contributed by atoms with Crippen molar-refractivity contribution in [3.8, 4) is 5.82 Å². The van der Waals surface area contributed by atoms with Crippen LogP contribution in [-0.2, 0) is 0 Å². The van der Waals surface area contributed by atoms with Crippen molar-refractivity contribution in [2.75, 3.05) is 11.1 Å². The molecular weight excluding hydrogens is 472 g/mol. The van der Waals surface area contributed by atoms with Crippen molar-refractivity contribution in [1.82, 2.24) is 20.1 Å². The summed E-state index contributed by atoms with van der Waals surface area (Å²) in [6.07, 6.45) is 1.55. The average Bonchev–Trinajstić information content (AvgIpc) is 3.05. The molecule has 0 saturated heterocycles. The van der Waals surface area contributed by atoms with Crippen molar-refractivity contribution in [3.63, 3.8) is 0 Å². The standard InChI is InChI=1S/C20H20BrClN6O2/c1-10(2)25-19(29)13-8-12(23)7-11(3)17(13)26-20(30)15-9-16(21)27-28(15)18-14(22)5-4-6-24-18/h4-10H,23H2,1-3H3,(H,25,29)(H,26,30). The summed E-state index contributed by atoms with van der Waals surface area (Å²) in [5.74, 6) is -0.513. The molecule has 2 aromatic heterocycles. The highest BCUT2D eigenvalue weighted by Gasteiger charge is 2.22. The van der Waals surface area contributed by atoms with Crippen LogP contribution in [0.3, 0.4) is 0 Å². The molecule has 30 heavy (non-hydrogen) atoms. The number of nitrogens with two attached hydrogens (primary N) is 1. The summed E-state index contributed by atoms with van der Waals surface area (Å²) >= 11 is 9.51. The van der Waals surface area contributed by atoms with Gasteiger partial charge in [0.15, 0.2) is 5.82 Å². The third kappa shape index (κ3) is 4.63. The Morgan fingerprint density at radius 3 is 2.63 bits per heavy atom. The Labute approximate surface area is 186 Å². The van der Waals surface area contributed by atoms with Gasteiger partial charge in [-0.15, -0.1) is 0 Å². The number of aromatic nitrogens is 3. The first-order valence-electron chi connectivity index (χ1n) is 9.06. The van der Waals surface area contributed by atoms with Gasteiger partial charge >= 0.3 is 0 Å². The van der Waals surface area contributed by atoms with Crippen molar-refractivity contribution in [2.45, 2.75) is 26.8 Å². The zero-order valence-corrected chi connectivity index (χ0v) is 18.9. The fraction of sp³-hybridized carbons (Fsp3) is 0.200. The third-order valence-corrected chi connectivity index (χ3v) is 4.80. The molecule has 2 amide bonds. The average molecular weight is 492 g/mol. The summed E-state index contributed by atoms with van der Waals surface area (Å²) in [5.41, 5.74) is 7.82. The Morgan fingerprint density at radius 1 is 1.23 bits per heavy atom. The Bertz CT molecular complexity index is 1130. The second-order valence-corrected chi connectivity index (χ2v) is 8.14. The van der Waals surface area contributed by atoms with Crippen LogP contribution in [-0.4, -0.2) is 32.6 Å². The summed E-state index contributed by atoms with van der Waals surface area (Å²) in [7, 11) is 0. The molecule has 0 fully saturated rings. The number of nitrogens with zero attached hydrogens (tertiary/aromatic N) is 3. The van der Waals surface area contributed by atoms with E-state index in [9.17, 15) is 9.59 Å². The number of rotatable bonds is 5. The maximum Gasteiger partial charge on any atom is 0.274 e. The van der Waals surface area contributed by atoms with Crippen molar-refractivity contribution in [1.29, 1.82) is 0 Å². The molecule has 0 aliphatic heterocycles. The van der Waals surface area contributed by atoms with E-state index in [0.717, 1.165) is 0 Å². The Kier molecular flexibility index (Phi) is 6.42. The number of amides is 2. The van der Waals surface area contributed by atoms with Crippen LogP contribution >= 0.6 is 27.5 Å². The van der Waals surface area contributed by atoms with E-state index in [-0.39, 0.29) is 23.2 Å². The van der Waals surface area contributed by atoms with Gasteiger partial charge in [0.05, 0.1) is 16.3 Å². The van der Waals surface area contributed by atoms with Gasteiger partial charge in [0, 0.05) is 24.0 Å². The fourth-order valence-corrected chi connectivity index (χ4v) is 3.46. The number of anilines is 2. The fourth-order valence-electron chi connectivity index (χ4n) is 2.89. The minimum atomic E-state index is -0.485. The van der Waals surface area contributed by atoms with E-state index in [0.29, 0.717) is 32.4 Å². The van der Waals surface area contributed by atoms with Crippen LogP contribution in [0.1, 0.15) is 40.3 Å². The smallest absolute Gasteiger partial charge is 0.274 e. The van der Waals surface area contributed by atoms with Crippen LogP contribution < -0.4 is 16.4 Å². The van der Waals surface area contributed by atoms with Gasteiger partial charge in [-0.2, -0.15) is 5.10 Å². The van der Waals surface area contributed by atoms with Crippen LogP contribution in [0.5, 0.6) is 0 Å². The van der Waals surface area contributed by atoms with E-state index >= 15 is 0 Å². The predicted molar refractivity (Wildman–Crippen MR) is 120 cm³/mol. The number of benzene rings is 1. The summed E-state index contributed by atoms with van der Waals surface area (Å²) in [5, 5.41) is 10.2. The summed E-state index contributed by atoms with van der Waals surface area (Å²) < 4.78 is 1.77. The maximum absolute atomic E-state index is 13.1. The largest absolute Gasteiger partial charge is 0.399 e. The van der Waals surface area contributed by atoms with Gasteiger partial charge in [-0.1, -0.05) is 11.6 Å². The molecule has 3 rings (SSSR count). The number of pyridine rings is 1. The topological polar surface area (TPSA) is 115 Å². The molecule has 2 heterocycles. The van der Waals surface area contributed by atoms with Crippen LogP contribution in [0, 0.1) is 6.92 Å². The molecule has 0 bridgehead atoms. The first-order chi connectivity index (χ1) is 14.2. The molecule has 4 N–H and O–H groups in total. The lowest BCUT2D eigenvalue weighted by Gasteiger charge is -2.16. The Morgan fingerprint density at radius 2 is 1.97 bits per heavy atom. The molecule has 0 radical (unpaired) electrons. The summed E-state index contributed by atoms with van der Waals surface area (Å²) in [6.45, 7) is 5.46. The summed E-state index contributed by atoms with van der Waals surface area (Å²) in [4.78, 5) is 30.0. The molecule has 156 valence electrons. The van der Waals surface area contributed by atoms with E-state index in [1.807, 2.05) is 13.8 Å². The van der Waals surface area contributed by atoms with Gasteiger partial charge < -0.3 is 16.4 Å². The number of halogens is 2. The number of carbonyl (C=O) groups is 2. The normalized spacial score (nSPS) is 10.9. The van der Waals surface area contributed by atoms with Gasteiger partial charge in [-0.3, -0.25) is 9.59 Å². The quantitative estimate of drug-likeness (QED) is 0.467. The van der Waals surface area contributed by atoms with Crippen molar-refractivity contribution in [2.24, 2.45) is 0 Å². The molecule has 10 heteroatoms. The van der Waals surface area contributed by atoms with E-state index in [1.165, 1.54) is 10.7 Å². The Balaban J connectivity index is 2.02. The van der Waals surface area contributed by atoms with Crippen LogP contribution in [0.25, 0.3) is 5.82 Å². The highest BCUT2D eigenvalue weighted by Crippen LogP contribution is 2.27. The first-order valence-corrected chi connectivity index (χ1v) is 10.2.